The number of ether oxygens (including phenoxy) is 1. The van der Waals surface area contributed by atoms with E-state index in [0.29, 0.717) is 28.6 Å². The molecule has 1 fully saturated rings. The molecule has 1 aliphatic rings. The Morgan fingerprint density at radius 1 is 1.12 bits per heavy atom. The van der Waals surface area contributed by atoms with Crippen molar-refractivity contribution >= 4 is 28.6 Å². The highest BCUT2D eigenvalue weighted by molar-refractivity contribution is 5.92. The van der Waals surface area contributed by atoms with E-state index in [-0.39, 0.29) is 23.6 Å². The summed E-state index contributed by atoms with van der Waals surface area (Å²) in [4.78, 5) is 26.4. The Hall–Kier alpha value is -4.14. The van der Waals surface area contributed by atoms with E-state index in [1.54, 1.807) is 37.7 Å². The highest BCUT2D eigenvalue weighted by atomic mass is 16.5. The monoisotopic (exact) mass is 458 g/mol. The summed E-state index contributed by atoms with van der Waals surface area (Å²) in [7, 11) is 1.61. The number of imidazole rings is 1. The van der Waals surface area contributed by atoms with Gasteiger partial charge in [0.1, 0.15) is 17.0 Å². The molecule has 2 aromatic carbocycles. The number of nitrogens with zero attached hydrogens (tertiary/aromatic N) is 4. The van der Waals surface area contributed by atoms with E-state index in [9.17, 15) is 9.90 Å². The number of aromatic hydroxyl groups is 1. The first-order chi connectivity index (χ1) is 16.5. The van der Waals surface area contributed by atoms with Gasteiger partial charge in [0.25, 0.3) is 0 Å². The smallest absolute Gasteiger partial charge is 0.227 e. The molecule has 9 heteroatoms. The molecule has 0 atom stereocenters. The van der Waals surface area contributed by atoms with Crippen LogP contribution in [-0.4, -0.2) is 37.6 Å². The minimum absolute atomic E-state index is 0.0309. The van der Waals surface area contributed by atoms with Gasteiger partial charge in [-0.15, -0.1) is 0 Å². The van der Waals surface area contributed by atoms with Crippen LogP contribution in [-0.2, 0) is 4.79 Å². The number of phenolic OH excluding ortho intramolecular Hbond substituents is 1. The standard InChI is InChI=1S/C25H26N6O3/c1-34-20-4-2-3-17(13-20)28-25(33)16-5-9-18(10-6-16)31-14-27-21-22(26)29-23(30-24(21)31)15-7-11-19(32)12-8-15/h2-4,7-8,11-14,16,18,32H,5-6,9-10H2,1H3,(H,28,33)(H2,26,29,30)/t16-,18+. The molecule has 4 aromatic rings. The molecule has 2 heterocycles. The van der Waals surface area contributed by atoms with Crippen molar-refractivity contribution in [2.45, 2.75) is 31.7 Å². The summed E-state index contributed by atoms with van der Waals surface area (Å²) < 4.78 is 7.28. The summed E-state index contributed by atoms with van der Waals surface area (Å²) in [5.74, 6) is 1.67. The van der Waals surface area contributed by atoms with Crippen LogP contribution < -0.4 is 15.8 Å². The number of nitrogen functional groups attached to an aromatic ring is 1. The third-order valence-corrected chi connectivity index (χ3v) is 6.37. The first-order valence-electron chi connectivity index (χ1n) is 11.3. The van der Waals surface area contributed by atoms with Gasteiger partial charge in [-0.3, -0.25) is 4.79 Å². The van der Waals surface area contributed by atoms with Crippen LogP contribution in [0.15, 0.2) is 54.9 Å². The summed E-state index contributed by atoms with van der Waals surface area (Å²) in [5.41, 5.74) is 8.93. The topological polar surface area (TPSA) is 128 Å². The molecule has 4 N–H and O–H groups in total. The molecular weight excluding hydrogens is 432 g/mol. The number of nitrogens with two attached hydrogens (primary N) is 1. The number of aromatic nitrogens is 4. The van der Waals surface area contributed by atoms with E-state index in [1.807, 2.05) is 28.8 Å². The number of amides is 1. The van der Waals surface area contributed by atoms with Gasteiger partial charge in [0.15, 0.2) is 17.3 Å². The summed E-state index contributed by atoms with van der Waals surface area (Å²) in [5, 5.41) is 12.6. The Kier molecular flexibility index (Phi) is 5.75. The van der Waals surface area contributed by atoms with Crippen molar-refractivity contribution in [3.05, 3.63) is 54.9 Å². The zero-order chi connectivity index (χ0) is 23.7. The van der Waals surface area contributed by atoms with Crippen LogP contribution in [0.5, 0.6) is 11.5 Å². The Balaban J connectivity index is 1.31. The van der Waals surface area contributed by atoms with Gasteiger partial charge in [0.05, 0.1) is 13.4 Å². The first kappa shape index (κ1) is 21.7. The summed E-state index contributed by atoms with van der Waals surface area (Å²) >= 11 is 0. The second-order valence-electron chi connectivity index (χ2n) is 8.53. The molecule has 0 aliphatic heterocycles. The predicted octanol–water partition coefficient (Wildman–Crippen LogP) is 4.16. The predicted molar refractivity (Wildman–Crippen MR) is 129 cm³/mol. The molecule has 2 aromatic heterocycles. The van der Waals surface area contributed by atoms with Crippen LogP contribution in [0.3, 0.4) is 0 Å². The van der Waals surface area contributed by atoms with E-state index in [4.69, 9.17) is 15.5 Å². The fraction of sp³-hybridized carbons (Fsp3) is 0.280. The molecular formula is C25H26N6O3. The Bertz CT molecular complexity index is 1330. The minimum Gasteiger partial charge on any atom is -0.508 e. The molecule has 0 radical (unpaired) electrons. The molecule has 9 nitrogen and oxygen atoms in total. The number of anilines is 2. The van der Waals surface area contributed by atoms with E-state index >= 15 is 0 Å². The second-order valence-corrected chi connectivity index (χ2v) is 8.53. The van der Waals surface area contributed by atoms with Gasteiger partial charge < -0.3 is 25.5 Å². The fourth-order valence-corrected chi connectivity index (χ4v) is 4.51. The highest BCUT2D eigenvalue weighted by Gasteiger charge is 2.28. The van der Waals surface area contributed by atoms with Crippen molar-refractivity contribution in [2.75, 3.05) is 18.2 Å². The van der Waals surface area contributed by atoms with Crippen LogP contribution in [0, 0.1) is 5.92 Å². The third-order valence-electron chi connectivity index (χ3n) is 6.37. The zero-order valence-electron chi connectivity index (χ0n) is 18.8. The van der Waals surface area contributed by atoms with Crippen LogP contribution in [0.25, 0.3) is 22.6 Å². The van der Waals surface area contributed by atoms with Gasteiger partial charge in [0, 0.05) is 29.3 Å². The highest BCUT2D eigenvalue weighted by Crippen LogP contribution is 2.35. The lowest BCUT2D eigenvalue weighted by molar-refractivity contribution is -0.120. The summed E-state index contributed by atoms with van der Waals surface area (Å²) in [6, 6.07) is 14.2. The van der Waals surface area contributed by atoms with E-state index in [2.05, 4.69) is 15.3 Å². The lowest BCUT2D eigenvalue weighted by atomic mass is 9.85. The molecule has 34 heavy (non-hydrogen) atoms. The molecule has 1 saturated carbocycles. The number of phenols is 1. The maximum Gasteiger partial charge on any atom is 0.227 e. The first-order valence-corrected chi connectivity index (χ1v) is 11.3. The van der Waals surface area contributed by atoms with Crippen molar-refractivity contribution in [3.63, 3.8) is 0 Å². The average molecular weight is 459 g/mol. The fourth-order valence-electron chi connectivity index (χ4n) is 4.51. The van der Waals surface area contributed by atoms with Crippen LogP contribution in [0.2, 0.25) is 0 Å². The zero-order valence-corrected chi connectivity index (χ0v) is 18.8. The molecule has 0 spiro atoms. The van der Waals surface area contributed by atoms with E-state index in [0.717, 1.165) is 36.9 Å². The number of fused-ring (bicyclic) bond motifs is 1. The van der Waals surface area contributed by atoms with Crippen molar-refractivity contribution in [1.82, 2.24) is 19.5 Å². The van der Waals surface area contributed by atoms with Gasteiger partial charge in [-0.25, -0.2) is 15.0 Å². The maximum absolute atomic E-state index is 12.8. The number of hydrogen-bond acceptors (Lipinski definition) is 7. The van der Waals surface area contributed by atoms with Gasteiger partial charge >= 0.3 is 0 Å². The largest absolute Gasteiger partial charge is 0.508 e. The summed E-state index contributed by atoms with van der Waals surface area (Å²) in [6.07, 6.45) is 4.97. The van der Waals surface area contributed by atoms with Gasteiger partial charge in [-0.1, -0.05) is 6.07 Å². The number of hydrogen-bond donors (Lipinski definition) is 3. The SMILES string of the molecule is COc1cccc(NC(=O)[C@H]2CC[C@@H](n3cnc4c(N)nc(-c5ccc(O)cc5)nc43)CC2)c1. The van der Waals surface area contributed by atoms with Gasteiger partial charge in [0.2, 0.25) is 5.91 Å². The lowest BCUT2D eigenvalue weighted by Gasteiger charge is -2.28. The number of carbonyl (C=O) groups is 1. The molecule has 0 unspecified atom stereocenters. The van der Waals surface area contributed by atoms with Crippen molar-refractivity contribution in [2.24, 2.45) is 5.92 Å². The van der Waals surface area contributed by atoms with Crippen LogP contribution in [0.4, 0.5) is 11.5 Å². The Labute approximate surface area is 196 Å². The van der Waals surface area contributed by atoms with Crippen molar-refractivity contribution in [1.29, 1.82) is 0 Å². The quantitative estimate of drug-likeness (QED) is 0.410. The second kappa shape index (κ2) is 9.01. The van der Waals surface area contributed by atoms with Gasteiger partial charge in [-0.2, -0.15) is 0 Å². The van der Waals surface area contributed by atoms with Crippen molar-refractivity contribution in [3.8, 4) is 22.9 Å². The molecule has 0 bridgehead atoms. The van der Waals surface area contributed by atoms with Crippen molar-refractivity contribution < 1.29 is 14.6 Å². The number of carbonyl (C=O) groups excluding carboxylic acids is 1. The van der Waals surface area contributed by atoms with E-state index in [1.165, 1.54) is 0 Å². The molecule has 1 amide bonds. The lowest BCUT2D eigenvalue weighted by Crippen LogP contribution is -2.28. The third kappa shape index (κ3) is 4.24. The number of rotatable bonds is 5. The molecule has 174 valence electrons. The Morgan fingerprint density at radius 3 is 2.62 bits per heavy atom. The number of benzene rings is 2. The van der Waals surface area contributed by atoms with Gasteiger partial charge in [-0.05, 0) is 62.1 Å². The normalized spacial score (nSPS) is 18.0. The minimum atomic E-state index is -0.0514. The average Bonchev–Trinajstić information content (AvgIpc) is 3.29. The molecule has 0 saturated heterocycles. The molecule has 5 rings (SSSR count). The number of nitrogens with one attached hydrogen (secondary N) is 1. The number of methoxy groups -OCH3 is 1. The molecule has 1 aliphatic carbocycles. The Morgan fingerprint density at radius 2 is 1.88 bits per heavy atom. The van der Waals surface area contributed by atoms with Crippen LogP contribution >= 0.6 is 0 Å². The maximum atomic E-state index is 12.8. The van der Waals surface area contributed by atoms with Crippen LogP contribution in [0.1, 0.15) is 31.7 Å². The summed E-state index contributed by atoms with van der Waals surface area (Å²) in [6.45, 7) is 0. The van der Waals surface area contributed by atoms with E-state index < -0.39 is 0 Å².